The van der Waals surface area contributed by atoms with E-state index in [9.17, 15) is 4.79 Å². The molecule has 22 heavy (non-hydrogen) atoms. The number of hydrogen-bond acceptors (Lipinski definition) is 3. The van der Waals surface area contributed by atoms with Gasteiger partial charge in [-0.2, -0.15) is 5.10 Å². The van der Waals surface area contributed by atoms with E-state index in [1.807, 2.05) is 22.9 Å². The Morgan fingerprint density at radius 1 is 1.23 bits per heavy atom. The molecule has 3 aromatic rings. The molecule has 0 fully saturated rings. The second kappa shape index (κ2) is 6.58. The van der Waals surface area contributed by atoms with Crippen LogP contribution in [0.3, 0.4) is 0 Å². The Morgan fingerprint density at radius 2 is 2.14 bits per heavy atom. The summed E-state index contributed by atoms with van der Waals surface area (Å²) in [7, 11) is 0. The van der Waals surface area contributed by atoms with Crippen LogP contribution in [0.15, 0.2) is 48.9 Å². The van der Waals surface area contributed by atoms with E-state index >= 15 is 0 Å². The molecule has 0 bridgehead atoms. The first kappa shape index (κ1) is 14.5. The van der Waals surface area contributed by atoms with Gasteiger partial charge in [-0.05, 0) is 30.7 Å². The fourth-order valence-electron chi connectivity index (χ4n) is 2.28. The van der Waals surface area contributed by atoms with Crippen molar-refractivity contribution in [3.63, 3.8) is 0 Å². The van der Waals surface area contributed by atoms with Gasteiger partial charge in [0, 0.05) is 30.9 Å². The number of rotatable bonds is 5. The molecule has 0 saturated heterocycles. The van der Waals surface area contributed by atoms with E-state index in [2.05, 4.69) is 15.4 Å². The number of aromatic nitrogens is 3. The van der Waals surface area contributed by atoms with Crippen molar-refractivity contribution in [1.82, 2.24) is 20.1 Å². The zero-order valence-corrected chi connectivity index (χ0v) is 12.6. The van der Waals surface area contributed by atoms with Gasteiger partial charge in [-0.25, -0.2) is 0 Å². The van der Waals surface area contributed by atoms with Gasteiger partial charge in [0.15, 0.2) is 0 Å². The maximum atomic E-state index is 11.9. The molecule has 1 N–H and O–H groups in total. The van der Waals surface area contributed by atoms with Gasteiger partial charge in [-0.15, -0.1) is 0 Å². The molecule has 1 aromatic carbocycles. The maximum Gasteiger partial charge on any atom is 0.252 e. The third-order valence-corrected chi connectivity index (χ3v) is 3.72. The van der Waals surface area contributed by atoms with Gasteiger partial charge < -0.3 is 5.32 Å². The monoisotopic (exact) mass is 314 g/mol. The van der Waals surface area contributed by atoms with E-state index in [0.29, 0.717) is 17.1 Å². The third-order valence-electron chi connectivity index (χ3n) is 3.39. The fourth-order valence-corrected chi connectivity index (χ4v) is 2.49. The van der Waals surface area contributed by atoms with Crippen LogP contribution in [0.2, 0.25) is 5.02 Å². The van der Waals surface area contributed by atoms with Gasteiger partial charge in [0.05, 0.1) is 22.3 Å². The summed E-state index contributed by atoms with van der Waals surface area (Å²) in [5, 5.41) is 8.87. The van der Waals surface area contributed by atoms with Gasteiger partial charge in [0.1, 0.15) is 0 Å². The summed E-state index contributed by atoms with van der Waals surface area (Å²) >= 11 is 6.12. The number of amides is 1. The summed E-state index contributed by atoms with van der Waals surface area (Å²) in [4.78, 5) is 15.8. The Hall–Kier alpha value is -2.40. The minimum absolute atomic E-state index is 0.110. The van der Waals surface area contributed by atoms with Crippen LogP contribution in [-0.2, 0) is 6.54 Å². The average Bonchev–Trinajstić information content (AvgIpc) is 2.97. The van der Waals surface area contributed by atoms with E-state index in [4.69, 9.17) is 11.6 Å². The van der Waals surface area contributed by atoms with Crippen LogP contribution >= 0.6 is 11.6 Å². The van der Waals surface area contributed by atoms with Crippen molar-refractivity contribution in [2.45, 2.75) is 13.0 Å². The number of hydrogen-bond donors (Lipinski definition) is 1. The van der Waals surface area contributed by atoms with Crippen molar-refractivity contribution >= 4 is 28.4 Å². The molecular weight excluding hydrogens is 300 g/mol. The largest absolute Gasteiger partial charge is 0.352 e. The zero-order valence-electron chi connectivity index (χ0n) is 11.9. The number of pyridine rings is 1. The molecule has 0 aliphatic carbocycles. The summed E-state index contributed by atoms with van der Waals surface area (Å²) in [6, 6.07) is 9.24. The molecule has 2 heterocycles. The maximum absolute atomic E-state index is 11.9. The lowest BCUT2D eigenvalue weighted by atomic mass is 10.2. The molecule has 0 aliphatic rings. The number of carbonyl (C=O) groups is 1. The molecular formula is C16H15ClN4O. The van der Waals surface area contributed by atoms with E-state index in [1.54, 1.807) is 30.7 Å². The summed E-state index contributed by atoms with van der Waals surface area (Å²) in [6.45, 7) is 1.30. The first-order chi connectivity index (χ1) is 10.8. The lowest BCUT2D eigenvalue weighted by Crippen LogP contribution is -2.25. The molecule has 2 aromatic heterocycles. The average molecular weight is 315 g/mol. The normalized spacial score (nSPS) is 10.8. The summed E-state index contributed by atoms with van der Waals surface area (Å²) in [6.07, 6.45) is 5.75. The van der Waals surface area contributed by atoms with Crippen LogP contribution in [-0.4, -0.2) is 27.2 Å². The highest BCUT2D eigenvalue weighted by Crippen LogP contribution is 2.22. The summed E-state index contributed by atoms with van der Waals surface area (Å²) in [5.41, 5.74) is 1.57. The number of benzene rings is 1. The Labute approximate surface area is 132 Å². The van der Waals surface area contributed by atoms with Gasteiger partial charge in [0.25, 0.3) is 5.91 Å². The van der Waals surface area contributed by atoms with Crippen LogP contribution in [0, 0.1) is 0 Å². The second-order valence-electron chi connectivity index (χ2n) is 4.89. The van der Waals surface area contributed by atoms with Crippen molar-refractivity contribution in [3.05, 3.63) is 59.5 Å². The van der Waals surface area contributed by atoms with Crippen LogP contribution in [0.25, 0.3) is 10.9 Å². The minimum atomic E-state index is -0.110. The Kier molecular flexibility index (Phi) is 4.34. The number of fused-ring (bicyclic) bond motifs is 1. The molecule has 0 radical (unpaired) electrons. The first-order valence-electron chi connectivity index (χ1n) is 7.04. The van der Waals surface area contributed by atoms with E-state index < -0.39 is 0 Å². The molecule has 112 valence electrons. The molecule has 0 spiro atoms. The van der Waals surface area contributed by atoms with Crippen LogP contribution in [0.1, 0.15) is 16.8 Å². The van der Waals surface area contributed by atoms with E-state index in [1.165, 1.54) is 0 Å². The topological polar surface area (TPSA) is 59.8 Å². The minimum Gasteiger partial charge on any atom is -0.352 e. The van der Waals surface area contributed by atoms with Crippen molar-refractivity contribution in [3.8, 4) is 0 Å². The molecule has 0 atom stereocenters. The molecule has 1 amide bonds. The molecule has 5 nitrogen and oxygen atoms in total. The Morgan fingerprint density at radius 3 is 2.95 bits per heavy atom. The number of aryl methyl sites for hydroxylation is 1. The van der Waals surface area contributed by atoms with Crippen molar-refractivity contribution < 1.29 is 4.79 Å². The predicted molar refractivity (Wildman–Crippen MR) is 85.9 cm³/mol. The van der Waals surface area contributed by atoms with Gasteiger partial charge in [0.2, 0.25) is 0 Å². The smallest absolute Gasteiger partial charge is 0.252 e. The number of halogens is 1. The third kappa shape index (κ3) is 3.09. The van der Waals surface area contributed by atoms with Gasteiger partial charge in [-0.3, -0.25) is 14.5 Å². The summed E-state index contributed by atoms with van der Waals surface area (Å²) < 4.78 is 1.90. The molecule has 0 unspecified atom stereocenters. The highest BCUT2D eigenvalue weighted by Gasteiger charge is 2.06. The van der Waals surface area contributed by atoms with Gasteiger partial charge >= 0.3 is 0 Å². The predicted octanol–water partition coefficient (Wildman–Crippen LogP) is 2.90. The van der Waals surface area contributed by atoms with Crippen LogP contribution < -0.4 is 5.32 Å². The SMILES string of the molecule is O=C(NCCCn1ncc2c(Cl)cccc21)c1cccnc1. The van der Waals surface area contributed by atoms with Crippen LogP contribution in [0.5, 0.6) is 0 Å². The molecule has 6 heteroatoms. The van der Waals surface area contributed by atoms with E-state index in [-0.39, 0.29) is 5.91 Å². The number of nitrogens with one attached hydrogen (secondary N) is 1. The lowest BCUT2D eigenvalue weighted by Gasteiger charge is -2.06. The van der Waals surface area contributed by atoms with Crippen LogP contribution in [0.4, 0.5) is 0 Å². The molecule has 3 rings (SSSR count). The molecule has 0 saturated carbocycles. The highest BCUT2D eigenvalue weighted by atomic mass is 35.5. The van der Waals surface area contributed by atoms with Crippen molar-refractivity contribution in [1.29, 1.82) is 0 Å². The van der Waals surface area contributed by atoms with Gasteiger partial charge in [-0.1, -0.05) is 17.7 Å². The Bertz CT molecular complexity index is 785. The highest BCUT2D eigenvalue weighted by molar-refractivity contribution is 6.35. The first-order valence-corrected chi connectivity index (χ1v) is 7.42. The standard InChI is InChI=1S/C16H15ClN4O/c17-14-5-1-6-15-13(14)11-20-21(15)9-3-8-19-16(22)12-4-2-7-18-10-12/h1-2,4-7,10-11H,3,8-9H2,(H,19,22). The quantitative estimate of drug-likeness (QED) is 0.737. The molecule has 0 aliphatic heterocycles. The van der Waals surface area contributed by atoms with Crippen molar-refractivity contribution in [2.24, 2.45) is 0 Å². The second-order valence-corrected chi connectivity index (χ2v) is 5.30. The lowest BCUT2D eigenvalue weighted by molar-refractivity contribution is 0.0952. The number of carbonyl (C=O) groups excluding carboxylic acids is 1. The number of nitrogens with zero attached hydrogens (tertiary/aromatic N) is 3. The zero-order chi connectivity index (χ0) is 15.4. The summed E-state index contributed by atoms with van der Waals surface area (Å²) in [5.74, 6) is -0.110. The van der Waals surface area contributed by atoms with Crippen molar-refractivity contribution in [2.75, 3.05) is 6.54 Å². The fraction of sp³-hybridized carbons (Fsp3) is 0.188. The van der Waals surface area contributed by atoms with E-state index in [0.717, 1.165) is 23.9 Å². The Balaban J connectivity index is 1.55.